The van der Waals surface area contributed by atoms with E-state index >= 15 is 0 Å². The molecule has 0 bridgehead atoms. The zero-order valence-corrected chi connectivity index (χ0v) is 10.2. The summed E-state index contributed by atoms with van der Waals surface area (Å²) in [6, 6.07) is 6.25. The summed E-state index contributed by atoms with van der Waals surface area (Å²) >= 11 is 0. The Kier molecular flexibility index (Phi) is 3.25. The molecule has 0 saturated heterocycles. The van der Waals surface area contributed by atoms with Crippen LogP contribution in [0, 0.1) is 6.92 Å². The SMILES string of the molecule is CCN(C)CCc1ccc2oc(C)nc2c1. The van der Waals surface area contributed by atoms with E-state index in [-0.39, 0.29) is 0 Å². The molecular formula is C13H18N2O. The molecule has 0 spiro atoms. The van der Waals surface area contributed by atoms with Crippen molar-refractivity contribution in [1.29, 1.82) is 0 Å². The first-order chi connectivity index (χ1) is 7.69. The third-order valence-electron chi connectivity index (χ3n) is 2.88. The highest BCUT2D eigenvalue weighted by Crippen LogP contribution is 2.17. The molecule has 2 rings (SSSR count). The van der Waals surface area contributed by atoms with Crippen LogP contribution >= 0.6 is 0 Å². The van der Waals surface area contributed by atoms with Gasteiger partial charge < -0.3 is 9.32 Å². The summed E-state index contributed by atoms with van der Waals surface area (Å²) in [5.41, 5.74) is 3.17. The van der Waals surface area contributed by atoms with E-state index in [1.165, 1.54) is 5.56 Å². The molecule has 0 N–H and O–H groups in total. The third-order valence-corrected chi connectivity index (χ3v) is 2.88. The molecule has 0 radical (unpaired) electrons. The van der Waals surface area contributed by atoms with Gasteiger partial charge in [0.2, 0.25) is 0 Å². The molecule has 0 aliphatic heterocycles. The van der Waals surface area contributed by atoms with Crippen LogP contribution in [0.5, 0.6) is 0 Å². The highest BCUT2D eigenvalue weighted by Gasteiger charge is 2.03. The van der Waals surface area contributed by atoms with E-state index in [1.54, 1.807) is 0 Å². The summed E-state index contributed by atoms with van der Waals surface area (Å²) in [6.07, 6.45) is 1.06. The minimum atomic E-state index is 0.734. The predicted octanol–water partition coefficient (Wildman–Crippen LogP) is 2.63. The lowest BCUT2D eigenvalue weighted by Gasteiger charge is -2.13. The Morgan fingerprint density at radius 1 is 1.38 bits per heavy atom. The second kappa shape index (κ2) is 4.66. The molecule has 1 heterocycles. The lowest BCUT2D eigenvalue weighted by molar-refractivity contribution is 0.357. The number of likely N-dealkylation sites (N-methyl/N-ethyl adjacent to an activating group) is 1. The first kappa shape index (κ1) is 11.1. The van der Waals surface area contributed by atoms with Crippen molar-refractivity contribution in [2.24, 2.45) is 0 Å². The Morgan fingerprint density at radius 2 is 2.19 bits per heavy atom. The molecule has 0 saturated carbocycles. The molecule has 86 valence electrons. The van der Waals surface area contributed by atoms with Crippen LogP contribution in [0.25, 0.3) is 11.1 Å². The van der Waals surface area contributed by atoms with Crippen molar-refractivity contribution in [2.75, 3.05) is 20.1 Å². The number of oxazole rings is 1. The third kappa shape index (κ3) is 2.42. The van der Waals surface area contributed by atoms with Crippen LogP contribution in [0.15, 0.2) is 22.6 Å². The zero-order chi connectivity index (χ0) is 11.5. The fourth-order valence-electron chi connectivity index (χ4n) is 1.72. The number of hydrogen-bond acceptors (Lipinski definition) is 3. The second-order valence-electron chi connectivity index (χ2n) is 4.18. The average Bonchev–Trinajstić information content (AvgIpc) is 2.65. The molecule has 16 heavy (non-hydrogen) atoms. The molecule has 2 aromatic rings. The van der Waals surface area contributed by atoms with Crippen molar-refractivity contribution >= 4 is 11.1 Å². The van der Waals surface area contributed by atoms with E-state index in [4.69, 9.17) is 4.42 Å². The second-order valence-corrected chi connectivity index (χ2v) is 4.18. The minimum absolute atomic E-state index is 0.734. The lowest BCUT2D eigenvalue weighted by Crippen LogP contribution is -2.20. The van der Waals surface area contributed by atoms with Crippen LogP contribution in [-0.4, -0.2) is 30.0 Å². The zero-order valence-electron chi connectivity index (χ0n) is 10.2. The molecule has 0 aliphatic rings. The summed E-state index contributed by atoms with van der Waals surface area (Å²) in [6.45, 7) is 6.22. The molecule has 0 atom stereocenters. The molecule has 0 fully saturated rings. The standard InChI is InChI=1S/C13H18N2O/c1-4-15(3)8-7-11-5-6-13-12(9-11)14-10(2)16-13/h5-6,9H,4,7-8H2,1-3H3. The van der Waals surface area contributed by atoms with E-state index in [2.05, 4.69) is 36.0 Å². The molecular weight excluding hydrogens is 200 g/mol. The summed E-state index contributed by atoms with van der Waals surface area (Å²) in [5, 5.41) is 0. The fraction of sp³-hybridized carbons (Fsp3) is 0.462. The first-order valence-electron chi connectivity index (χ1n) is 5.73. The van der Waals surface area contributed by atoms with Crippen molar-refractivity contribution in [1.82, 2.24) is 9.88 Å². The van der Waals surface area contributed by atoms with Gasteiger partial charge in [-0.25, -0.2) is 4.98 Å². The van der Waals surface area contributed by atoms with Crippen molar-refractivity contribution in [2.45, 2.75) is 20.3 Å². The van der Waals surface area contributed by atoms with Gasteiger partial charge in [-0.2, -0.15) is 0 Å². The van der Waals surface area contributed by atoms with E-state index < -0.39 is 0 Å². The van der Waals surface area contributed by atoms with Gasteiger partial charge in [0.15, 0.2) is 11.5 Å². The summed E-state index contributed by atoms with van der Waals surface area (Å²) in [5.74, 6) is 0.734. The van der Waals surface area contributed by atoms with Gasteiger partial charge in [0.25, 0.3) is 0 Å². The van der Waals surface area contributed by atoms with Gasteiger partial charge in [-0.1, -0.05) is 13.0 Å². The van der Waals surface area contributed by atoms with E-state index in [0.717, 1.165) is 36.5 Å². The highest BCUT2D eigenvalue weighted by atomic mass is 16.3. The van der Waals surface area contributed by atoms with Crippen LogP contribution in [-0.2, 0) is 6.42 Å². The maximum Gasteiger partial charge on any atom is 0.192 e. The van der Waals surface area contributed by atoms with Crippen LogP contribution in [0.2, 0.25) is 0 Å². The molecule has 1 aromatic heterocycles. The quantitative estimate of drug-likeness (QED) is 0.790. The van der Waals surface area contributed by atoms with Crippen LogP contribution in [0.4, 0.5) is 0 Å². The number of hydrogen-bond donors (Lipinski definition) is 0. The fourth-order valence-corrected chi connectivity index (χ4v) is 1.72. The van der Waals surface area contributed by atoms with Crippen LogP contribution in [0.1, 0.15) is 18.4 Å². The van der Waals surface area contributed by atoms with Crippen molar-refractivity contribution in [3.8, 4) is 0 Å². The number of fused-ring (bicyclic) bond motifs is 1. The number of rotatable bonds is 4. The molecule has 0 unspecified atom stereocenters. The largest absolute Gasteiger partial charge is 0.441 e. The summed E-state index contributed by atoms with van der Waals surface area (Å²) < 4.78 is 5.45. The van der Waals surface area contributed by atoms with Gasteiger partial charge in [0.1, 0.15) is 5.52 Å². The van der Waals surface area contributed by atoms with E-state index in [0.29, 0.717) is 0 Å². The predicted molar refractivity (Wildman–Crippen MR) is 65.6 cm³/mol. The Morgan fingerprint density at radius 3 is 2.94 bits per heavy atom. The van der Waals surface area contributed by atoms with Crippen molar-refractivity contribution in [3.63, 3.8) is 0 Å². The minimum Gasteiger partial charge on any atom is -0.441 e. The van der Waals surface area contributed by atoms with Gasteiger partial charge in [-0.15, -0.1) is 0 Å². The number of aryl methyl sites for hydroxylation is 1. The molecule has 3 heteroatoms. The Balaban J connectivity index is 2.13. The monoisotopic (exact) mass is 218 g/mol. The topological polar surface area (TPSA) is 29.3 Å². The van der Waals surface area contributed by atoms with Gasteiger partial charge >= 0.3 is 0 Å². The van der Waals surface area contributed by atoms with Crippen LogP contribution in [0.3, 0.4) is 0 Å². The average molecular weight is 218 g/mol. The van der Waals surface area contributed by atoms with Crippen molar-refractivity contribution < 1.29 is 4.42 Å². The van der Waals surface area contributed by atoms with Crippen molar-refractivity contribution in [3.05, 3.63) is 29.7 Å². The first-order valence-corrected chi connectivity index (χ1v) is 5.73. The summed E-state index contributed by atoms with van der Waals surface area (Å²) in [7, 11) is 2.14. The molecule has 1 aromatic carbocycles. The van der Waals surface area contributed by atoms with E-state index in [1.807, 2.05) is 13.0 Å². The van der Waals surface area contributed by atoms with E-state index in [9.17, 15) is 0 Å². The maximum absolute atomic E-state index is 5.45. The molecule has 0 amide bonds. The number of nitrogens with zero attached hydrogens (tertiary/aromatic N) is 2. The van der Waals surface area contributed by atoms with Gasteiger partial charge in [-0.3, -0.25) is 0 Å². The number of benzene rings is 1. The smallest absolute Gasteiger partial charge is 0.192 e. The maximum atomic E-state index is 5.45. The van der Waals surface area contributed by atoms with Gasteiger partial charge in [0.05, 0.1) is 0 Å². The molecule has 3 nitrogen and oxygen atoms in total. The Bertz CT molecular complexity index is 476. The van der Waals surface area contributed by atoms with Gasteiger partial charge in [-0.05, 0) is 37.7 Å². The Labute approximate surface area is 96.1 Å². The normalized spacial score (nSPS) is 11.5. The Hall–Kier alpha value is -1.35. The number of aromatic nitrogens is 1. The van der Waals surface area contributed by atoms with Crippen LogP contribution < -0.4 is 0 Å². The lowest BCUT2D eigenvalue weighted by atomic mass is 10.1. The molecule has 0 aliphatic carbocycles. The highest BCUT2D eigenvalue weighted by molar-refractivity contribution is 5.73. The summed E-state index contributed by atoms with van der Waals surface area (Å²) in [4.78, 5) is 6.64. The van der Waals surface area contributed by atoms with Gasteiger partial charge in [0, 0.05) is 13.5 Å².